The molecule has 1 aromatic rings. The summed E-state index contributed by atoms with van der Waals surface area (Å²) in [6.45, 7) is 8.86. The van der Waals surface area contributed by atoms with Crippen LogP contribution in [0.2, 0.25) is 0 Å². The molecule has 4 heteroatoms. The number of carboxylic acids is 1. The maximum Gasteiger partial charge on any atom is 0.323 e. The molecular formula is C16H25NO3. The average molecular weight is 279 g/mol. The minimum Gasteiger partial charge on any atom is -0.493 e. The minimum atomic E-state index is -0.875. The second kappa shape index (κ2) is 7.29. The molecule has 2 N–H and O–H groups in total. The fourth-order valence-electron chi connectivity index (χ4n) is 2.23. The van der Waals surface area contributed by atoms with Crippen molar-refractivity contribution in [3.8, 4) is 5.75 Å². The minimum absolute atomic E-state index is 0.526. The fraction of sp³-hybridized carbons (Fsp3) is 0.562. The smallest absolute Gasteiger partial charge is 0.323 e. The van der Waals surface area contributed by atoms with Crippen molar-refractivity contribution in [1.29, 1.82) is 0 Å². The first kappa shape index (κ1) is 16.5. The fourth-order valence-corrected chi connectivity index (χ4v) is 2.23. The van der Waals surface area contributed by atoms with E-state index in [0.717, 1.165) is 11.3 Å². The molecule has 0 aliphatic rings. The quantitative estimate of drug-likeness (QED) is 0.718. The molecule has 4 nitrogen and oxygen atoms in total. The molecule has 0 aliphatic heterocycles. The molecule has 0 saturated carbocycles. The van der Waals surface area contributed by atoms with E-state index in [4.69, 9.17) is 4.74 Å². The standard InChI is InChI=1S/C16H25NO3/c1-5-17-16(4,15(18)19)9-6-10-20-14-8-7-12(2)11-13(14)3/h7-8,11,17H,5-6,9-10H2,1-4H3,(H,18,19). The molecule has 1 atom stereocenters. The number of aliphatic carboxylic acids is 1. The Hall–Kier alpha value is -1.55. The molecule has 0 radical (unpaired) electrons. The van der Waals surface area contributed by atoms with Gasteiger partial charge in [-0.05, 0) is 51.8 Å². The van der Waals surface area contributed by atoms with E-state index in [1.54, 1.807) is 6.92 Å². The van der Waals surface area contributed by atoms with E-state index in [1.807, 2.05) is 32.9 Å². The third-order valence-electron chi connectivity index (χ3n) is 3.45. The molecule has 112 valence electrons. The molecular weight excluding hydrogens is 254 g/mol. The van der Waals surface area contributed by atoms with Crippen molar-refractivity contribution in [2.24, 2.45) is 0 Å². The van der Waals surface area contributed by atoms with Crippen molar-refractivity contribution < 1.29 is 14.6 Å². The van der Waals surface area contributed by atoms with E-state index in [2.05, 4.69) is 11.4 Å². The van der Waals surface area contributed by atoms with Crippen LogP contribution in [-0.2, 0) is 4.79 Å². The van der Waals surface area contributed by atoms with Crippen LogP contribution in [0, 0.1) is 13.8 Å². The van der Waals surface area contributed by atoms with E-state index < -0.39 is 11.5 Å². The van der Waals surface area contributed by atoms with Crippen molar-refractivity contribution >= 4 is 5.97 Å². The topological polar surface area (TPSA) is 58.6 Å². The number of nitrogens with one attached hydrogen (secondary N) is 1. The SMILES string of the molecule is CCNC(C)(CCCOc1ccc(C)cc1C)C(=O)O. The van der Waals surface area contributed by atoms with Gasteiger partial charge in [0.05, 0.1) is 6.61 Å². The number of aryl methyl sites for hydroxylation is 2. The monoisotopic (exact) mass is 279 g/mol. The molecule has 1 rings (SSSR count). The molecule has 0 amide bonds. The third-order valence-corrected chi connectivity index (χ3v) is 3.45. The first-order valence-electron chi connectivity index (χ1n) is 7.07. The summed E-state index contributed by atoms with van der Waals surface area (Å²) in [4.78, 5) is 11.3. The molecule has 0 aliphatic carbocycles. The predicted molar refractivity (Wildman–Crippen MR) is 80.4 cm³/mol. The zero-order valence-electron chi connectivity index (χ0n) is 12.8. The number of rotatable bonds is 8. The summed E-state index contributed by atoms with van der Waals surface area (Å²) in [6.07, 6.45) is 1.24. The molecule has 0 aromatic heterocycles. The summed E-state index contributed by atoms with van der Waals surface area (Å²) in [5, 5.41) is 12.3. The van der Waals surface area contributed by atoms with Gasteiger partial charge in [0.15, 0.2) is 0 Å². The normalized spacial score (nSPS) is 13.8. The lowest BCUT2D eigenvalue weighted by molar-refractivity contribution is -0.144. The van der Waals surface area contributed by atoms with Gasteiger partial charge < -0.3 is 15.2 Å². The van der Waals surface area contributed by atoms with E-state index >= 15 is 0 Å². The Morgan fingerprint density at radius 2 is 2.10 bits per heavy atom. The second-order valence-corrected chi connectivity index (χ2v) is 5.39. The summed E-state index contributed by atoms with van der Waals surface area (Å²) in [6, 6.07) is 6.06. The van der Waals surface area contributed by atoms with Crippen LogP contribution in [0.1, 0.15) is 37.8 Å². The Morgan fingerprint density at radius 3 is 2.65 bits per heavy atom. The van der Waals surface area contributed by atoms with E-state index in [9.17, 15) is 9.90 Å². The molecule has 0 bridgehead atoms. The summed E-state index contributed by atoms with van der Waals surface area (Å²) < 4.78 is 5.72. The van der Waals surface area contributed by atoms with Crippen molar-refractivity contribution in [2.75, 3.05) is 13.2 Å². The van der Waals surface area contributed by atoms with Crippen molar-refractivity contribution in [2.45, 2.75) is 46.1 Å². The zero-order chi connectivity index (χ0) is 15.2. The van der Waals surface area contributed by atoms with E-state index in [-0.39, 0.29) is 0 Å². The number of likely N-dealkylation sites (N-methyl/N-ethyl adjacent to an activating group) is 1. The van der Waals surface area contributed by atoms with Gasteiger partial charge >= 0.3 is 5.97 Å². The van der Waals surface area contributed by atoms with E-state index in [0.29, 0.717) is 26.0 Å². The van der Waals surface area contributed by atoms with Gasteiger partial charge in [0.25, 0.3) is 0 Å². The highest BCUT2D eigenvalue weighted by Crippen LogP contribution is 2.20. The Balaban J connectivity index is 2.46. The van der Waals surface area contributed by atoms with Gasteiger partial charge in [-0.25, -0.2) is 0 Å². The summed E-state index contributed by atoms with van der Waals surface area (Å²) >= 11 is 0. The lowest BCUT2D eigenvalue weighted by Crippen LogP contribution is -2.49. The van der Waals surface area contributed by atoms with Gasteiger partial charge in [-0.3, -0.25) is 4.79 Å². The van der Waals surface area contributed by atoms with Crippen LogP contribution in [0.15, 0.2) is 18.2 Å². The highest BCUT2D eigenvalue weighted by molar-refractivity contribution is 5.78. The van der Waals surface area contributed by atoms with Gasteiger partial charge in [-0.15, -0.1) is 0 Å². The summed E-state index contributed by atoms with van der Waals surface area (Å²) in [5.74, 6) is 0.0574. The van der Waals surface area contributed by atoms with Crippen LogP contribution in [-0.4, -0.2) is 29.8 Å². The summed E-state index contributed by atoms with van der Waals surface area (Å²) in [7, 11) is 0. The van der Waals surface area contributed by atoms with Crippen molar-refractivity contribution in [1.82, 2.24) is 5.32 Å². The largest absolute Gasteiger partial charge is 0.493 e. The Kier molecular flexibility index (Phi) is 6.02. The van der Waals surface area contributed by atoms with Gasteiger partial charge in [-0.2, -0.15) is 0 Å². The maximum atomic E-state index is 11.3. The first-order valence-corrected chi connectivity index (χ1v) is 7.07. The number of benzene rings is 1. The molecule has 1 aromatic carbocycles. The Labute approximate surface area is 121 Å². The van der Waals surface area contributed by atoms with Crippen LogP contribution < -0.4 is 10.1 Å². The van der Waals surface area contributed by atoms with Crippen LogP contribution in [0.25, 0.3) is 0 Å². The highest BCUT2D eigenvalue weighted by Gasteiger charge is 2.31. The van der Waals surface area contributed by atoms with Crippen LogP contribution in [0.4, 0.5) is 0 Å². The third kappa shape index (κ3) is 4.53. The number of hydrogen-bond donors (Lipinski definition) is 2. The highest BCUT2D eigenvalue weighted by atomic mass is 16.5. The lowest BCUT2D eigenvalue weighted by Gasteiger charge is -2.25. The van der Waals surface area contributed by atoms with Crippen molar-refractivity contribution in [3.63, 3.8) is 0 Å². The van der Waals surface area contributed by atoms with Crippen LogP contribution in [0.5, 0.6) is 5.75 Å². The average Bonchev–Trinajstić information content (AvgIpc) is 2.37. The second-order valence-electron chi connectivity index (χ2n) is 5.39. The number of carbonyl (C=O) groups is 1. The molecule has 1 unspecified atom stereocenters. The Bertz CT molecular complexity index is 459. The Morgan fingerprint density at radius 1 is 1.40 bits per heavy atom. The first-order chi connectivity index (χ1) is 9.39. The number of hydrogen-bond acceptors (Lipinski definition) is 3. The number of carboxylic acid groups (broad SMARTS) is 1. The van der Waals surface area contributed by atoms with Gasteiger partial charge in [0, 0.05) is 0 Å². The molecule has 0 heterocycles. The molecule has 0 fully saturated rings. The van der Waals surface area contributed by atoms with Gasteiger partial charge in [0.2, 0.25) is 0 Å². The molecule has 0 spiro atoms. The molecule has 20 heavy (non-hydrogen) atoms. The predicted octanol–water partition coefficient (Wildman–Crippen LogP) is 2.92. The lowest BCUT2D eigenvalue weighted by atomic mass is 9.96. The van der Waals surface area contributed by atoms with Gasteiger partial charge in [0.1, 0.15) is 11.3 Å². The molecule has 0 saturated heterocycles. The van der Waals surface area contributed by atoms with Gasteiger partial charge in [-0.1, -0.05) is 24.6 Å². The number of ether oxygens (including phenoxy) is 1. The summed E-state index contributed by atoms with van der Waals surface area (Å²) in [5.41, 5.74) is 1.44. The van der Waals surface area contributed by atoms with Crippen LogP contribution in [0.3, 0.4) is 0 Å². The van der Waals surface area contributed by atoms with Crippen LogP contribution >= 0.6 is 0 Å². The van der Waals surface area contributed by atoms with E-state index in [1.165, 1.54) is 5.56 Å². The van der Waals surface area contributed by atoms with Crippen molar-refractivity contribution in [3.05, 3.63) is 29.3 Å². The maximum absolute atomic E-state index is 11.3. The zero-order valence-corrected chi connectivity index (χ0v) is 12.8.